The molecule has 2 aromatic carbocycles. The highest BCUT2D eigenvalue weighted by Gasteiger charge is 2.93. The van der Waals surface area contributed by atoms with Gasteiger partial charge in [0.2, 0.25) is 6.79 Å². The van der Waals surface area contributed by atoms with E-state index in [9.17, 15) is 9.59 Å². The Morgan fingerprint density at radius 3 is 2.70 bits per heavy atom. The fourth-order valence-electron chi connectivity index (χ4n) is 5.80. The van der Waals surface area contributed by atoms with Crippen molar-refractivity contribution in [2.24, 2.45) is 0 Å². The van der Waals surface area contributed by atoms with E-state index in [1.807, 2.05) is 43.3 Å². The zero-order valence-electron chi connectivity index (χ0n) is 18.5. The van der Waals surface area contributed by atoms with Crippen molar-refractivity contribution >= 4 is 11.9 Å². The molecule has 0 saturated carbocycles. The van der Waals surface area contributed by atoms with Crippen molar-refractivity contribution in [2.75, 3.05) is 20.4 Å². The summed E-state index contributed by atoms with van der Waals surface area (Å²) in [5, 5.41) is 0. The molecule has 4 heterocycles. The SMILES string of the molecule is COC(=O)[C@]12O[C@]13C[C@@H](Cc1ccc4c(c1)OCO4)N(Cc1ccccc1)C[C@]3(C)OC2=O. The van der Waals surface area contributed by atoms with E-state index in [2.05, 4.69) is 17.0 Å². The first-order valence-corrected chi connectivity index (χ1v) is 11.1. The van der Waals surface area contributed by atoms with E-state index in [0.29, 0.717) is 25.9 Å². The maximum Gasteiger partial charge on any atom is 0.354 e. The average molecular weight is 451 g/mol. The monoisotopic (exact) mass is 451 g/mol. The third-order valence-corrected chi connectivity index (χ3v) is 7.47. The van der Waals surface area contributed by atoms with Gasteiger partial charge in [0.25, 0.3) is 5.60 Å². The van der Waals surface area contributed by atoms with E-state index in [0.717, 1.165) is 22.6 Å². The Hall–Kier alpha value is -3.10. The zero-order valence-corrected chi connectivity index (χ0v) is 18.5. The summed E-state index contributed by atoms with van der Waals surface area (Å²) in [6.07, 6.45) is 1.15. The number of epoxide rings is 1. The van der Waals surface area contributed by atoms with E-state index in [1.54, 1.807) is 0 Å². The molecule has 4 aliphatic rings. The van der Waals surface area contributed by atoms with Crippen molar-refractivity contribution in [3.63, 3.8) is 0 Å². The highest BCUT2D eigenvalue weighted by Crippen LogP contribution is 2.66. The number of piperidine rings is 1. The van der Waals surface area contributed by atoms with Crippen LogP contribution >= 0.6 is 0 Å². The minimum atomic E-state index is -1.66. The van der Waals surface area contributed by atoms with Gasteiger partial charge >= 0.3 is 11.9 Å². The molecule has 4 atom stereocenters. The molecule has 33 heavy (non-hydrogen) atoms. The molecule has 0 N–H and O–H groups in total. The number of carbonyl (C=O) groups is 2. The van der Waals surface area contributed by atoms with Gasteiger partial charge in [0.15, 0.2) is 22.7 Å². The first-order valence-electron chi connectivity index (χ1n) is 11.1. The first kappa shape index (κ1) is 20.5. The van der Waals surface area contributed by atoms with Crippen LogP contribution in [0.1, 0.15) is 24.5 Å². The Labute approximate surface area is 191 Å². The minimum Gasteiger partial charge on any atom is -0.466 e. The molecule has 3 fully saturated rings. The lowest BCUT2D eigenvalue weighted by molar-refractivity contribution is -0.179. The van der Waals surface area contributed by atoms with Crippen molar-refractivity contribution in [3.05, 3.63) is 59.7 Å². The lowest BCUT2D eigenvalue weighted by Crippen LogP contribution is -2.61. The Morgan fingerprint density at radius 1 is 1.12 bits per heavy atom. The largest absolute Gasteiger partial charge is 0.466 e. The number of hydrogen-bond donors (Lipinski definition) is 0. The molecule has 172 valence electrons. The van der Waals surface area contributed by atoms with E-state index in [1.165, 1.54) is 7.11 Å². The first-order chi connectivity index (χ1) is 15.9. The van der Waals surface area contributed by atoms with Crippen LogP contribution in [0.2, 0.25) is 0 Å². The summed E-state index contributed by atoms with van der Waals surface area (Å²) < 4.78 is 27.8. The fraction of sp³-hybridized carbons (Fsp3) is 0.440. The number of hydrogen-bond acceptors (Lipinski definition) is 8. The Bertz CT molecular complexity index is 1140. The second kappa shape index (κ2) is 6.95. The molecule has 0 amide bonds. The van der Waals surface area contributed by atoms with Crippen LogP contribution in [0.3, 0.4) is 0 Å². The van der Waals surface area contributed by atoms with Gasteiger partial charge in [0.05, 0.1) is 7.11 Å². The van der Waals surface area contributed by atoms with Gasteiger partial charge in [-0.2, -0.15) is 0 Å². The van der Waals surface area contributed by atoms with Crippen LogP contribution in [0.15, 0.2) is 48.5 Å². The van der Waals surface area contributed by atoms with Gasteiger partial charge < -0.3 is 23.7 Å². The zero-order chi connectivity index (χ0) is 22.8. The van der Waals surface area contributed by atoms with Crippen LogP contribution in [-0.4, -0.2) is 60.1 Å². The van der Waals surface area contributed by atoms with E-state index in [4.69, 9.17) is 23.7 Å². The normalized spacial score (nSPS) is 33.8. The molecular formula is C25H25NO7. The third kappa shape index (κ3) is 2.77. The molecule has 0 bridgehead atoms. The predicted octanol–water partition coefficient (Wildman–Crippen LogP) is 2.23. The lowest BCUT2D eigenvalue weighted by atomic mass is 9.72. The average Bonchev–Trinajstić information content (AvgIpc) is 3.19. The molecular weight excluding hydrogens is 426 g/mol. The molecule has 0 aliphatic carbocycles. The molecule has 0 radical (unpaired) electrons. The van der Waals surface area contributed by atoms with Gasteiger partial charge in [-0.3, -0.25) is 4.90 Å². The Balaban J connectivity index is 1.35. The molecule has 8 nitrogen and oxygen atoms in total. The fourth-order valence-corrected chi connectivity index (χ4v) is 5.80. The number of carbonyl (C=O) groups excluding carboxylic acids is 2. The van der Waals surface area contributed by atoms with Gasteiger partial charge in [-0.1, -0.05) is 36.4 Å². The second-order valence-electron chi connectivity index (χ2n) is 9.36. The standard InChI is InChI=1S/C25H25NO7/c1-23-14-26(13-16-6-4-3-5-7-16)18(10-17-8-9-19-20(11-17)31-15-30-19)12-24(23)25(33-24,21(27)29-2)22(28)32-23/h3-9,11,18H,10,12-15H2,1-2H3/t18-,23+,24+,25-/m1/s1. The van der Waals surface area contributed by atoms with Gasteiger partial charge in [0.1, 0.15) is 0 Å². The Kier molecular flexibility index (Phi) is 4.32. The maximum absolute atomic E-state index is 12.9. The van der Waals surface area contributed by atoms with Crippen molar-refractivity contribution in [2.45, 2.75) is 49.2 Å². The van der Waals surface area contributed by atoms with E-state index < -0.39 is 28.7 Å². The Morgan fingerprint density at radius 2 is 1.91 bits per heavy atom. The second-order valence-corrected chi connectivity index (χ2v) is 9.36. The summed E-state index contributed by atoms with van der Waals surface area (Å²) in [4.78, 5) is 27.8. The van der Waals surface area contributed by atoms with Crippen LogP contribution in [0, 0.1) is 0 Å². The number of ether oxygens (including phenoxy) is 5. The van der Waals surface area contributed by atoms with Crippen LogP contribution in [-0.2, 0) is 36.8 Å². The van der Waals surface area contributed by atoms with E-state index in [-0.39, 0.29) is 12.8 Å². The predicted molar refractivity (Wildman–Crippen MR) is 115 cm³/mol. The number of rotatable bonds is 5. The van der Waals surface area contributed by atoms with Crippen LogP contribution < -0.4 is 9.47 Å². The van der Waals surface area contributed by atoms with Crippen molar-refractivity contribution < 1.29 is 33.3 Å². The lowest BCUT2D eigenvalue weighted by Gasteiger charge is -2.46. The van der Waals surface area contributed by atoms with Crippen LogP contribution in [0.4, 0.5) is 0 Å². The number of benzene rings is 2. The minimum absolute atomic E-state index is 0.000293. The number of methoxy groups -OCH3 is 1. The van der Waals surface area contributed by atoms with Gasteiger partial charge in [-0.15, -0.1) is 0 Å². The number of fused-ring (bicyclic) bond motifs is 1. The molecule has 2 aromatic rings. The highest BCUT2D eigenvalue weighted by molar-refractivity contribution is 6.11. The number of likely N-dealkylation sites (tertiary alicyclic amines) is 1. The van der Waals surface area contributed by atoms with E-state index >= 15 is 0 Å². The van der Waals surface area contributed by atoms with Gasteiger partial charge in [0, 0.05) is 25.6 Å². The highest BCUT2D eigenvalue weighted by atomic mass is 16.7. The topological polar surface area (TPSA) is 86.8 Å². The molecule has 0 aromatic heterocycles. The van der Waals surface area contributed by atoms with Crippen molar-refractivity contribution in [1.29, 1.82) is 0 Å². The van der Waals surface area contributed by atoms with Crippen molar-refractivity contribution in [1.82, 2.24) is 4.90 Å². The molecule has 6 rings (SSSR count). The molecule has 0 unspecified atom stereocenters. The summed E-state index contributed by atoms with van der Waals surface area (Å²) in [6, 6.07) is 16.1. The van der Waals surface area contributed by atoms with Gasteiger partial charge in [-0.25, -0.2) is 9.59 Å². The molecule has 4 aliphatic heterocycles. The number of esters is 2. The van der Waals surface area contributed by atoms with Crippen LogP contribution in [0.25, 0.3) is 0 Å². The summed E-state index contributed by atoms with van der Waals surface area (Å²) in [5.41, 5.74) is -1.40. The van der Waals surface area contributed by atoms with Crippen molar-refractivity contribution in [3.8, 4) is 11.5 Å². The molecule has 1 spiro atoms. The quantitative estimate of drug-likeness (QED) is 0.389. The maximum atomic E-state index is 12.9. The molecule has 3 saturated heterocycles. The third-order valence-electron chi connectivity index (χ3n) is 7.47. The smallest absolute Gasteiger partial charge is 0.354 e. The van der Waals surface area contributed by atoms with Crippen LogP contribution in [0.5, 0.6) is 11.5 Å². The summed E-state index contributed by atoms with van der Waals surface area (Å²) in [5.74, 6) is 0.126. The summed E-state index contributed by atoms with van der Waals surface area (Å²) in [7, 11) is 1.27. The summed E-state index contributed by atoms with van der Waals surface area (Å²) >= 11 is 0. The number of nitrogens with zero attached hydrogens (tertiary/aromatic N) is 1. The molecule has 8 heteroatoms. The van der Waals surface area contributed by atoms with Gasteiger partial charge in [-0.05, 0) is 36.6 Å². The summed E-state index contributed by atoms with van der Waals surface area (Å²) in [6.45, 7) is 3.21.